The molecule has 2 aromatic rings. The number of nitrogens with one attached hydrogen (secondary N) is 1. The summed E-state index contributed by atoms with van der Waals surface area (Å²) in [6.07, 6.45) is 0.0729. The van der Waals surface area contributed by atoms with Gasteiger partial charge in [-0.2, -0.15) is 0 Å². The van der Waals surface area contributed by atoms with Crippen LogP contribution in [0.5, 0.6) is 0 Å². The highest BCUT2D eigenvalue weighted by molar-refractivity contribution is 6.05. The molecule has 0 radical (unpaired) electrons. The number of hydrogen-bond acceptors (Lipinski definition) is 3. The van der Waals surface area contributed by atoms with Gasteiger partial charge in [0.25, 0.3) is 11.8 Å². The molecule has 0 unspecified atom stereocenters. The van der Waals surface area contributed by atoms with Crippen molar-refractivity contribution in [1.29, 1.82) is 0 Å². The predicted octanol–water partition coefficient (Wildman–Crippen LogP) is 2.59. The van der Waals surface area contributed by atoms with Crippen molar-refractivity contribution in [3.05, 3.63) is 65.0 Å². The molecule has 130 valence electrons. The summed E-state index contributed by atoms with van der Waals surface area (Å²) in [5, 5.41) is 12.2. The van der Waals surface area contributed by atoms with E-state index in [0.29, 0.717) is 30.8 Å². The number of rotatable bonds is 3. The highest BCUT2D eigenvalue weighted by Gasteiger charge is 2.25. The molecule has 1 atom stereocenters. The molecular formula is C19H19FN2O3. The molecule has 6 heteroatoms. The minimum atomic E-state index is -0.601. The van der Waals surface area contributed by atoms with E-state index in [9.17, 15) is 19.1 Å². The number of β-amino-alcohol motifs (C(OH)–C–C–N with tert-alkyl or cyclic N) is 1. The zero-order valence-electron chi connectivity index (χ0n) is 13.8. The lowest BCUT2D eigenvalue weighted by Gasteiger charge is -2.17. The van der Waals surface area contributed by atoms with Crippen molar-refractivity contribution < 1.29 is 19.1 Å². The van der Waals surface area contributed by atoms with Gasteiger partial charge in [-0.1, -0.05) is 18.2 Å². The van der Waals surface area contributed by atoms with Crippen molar-refractivity contribution in [3.63, 3.8) is 0 Å². The fourth-order valence-electron chi connectivity index (χ4n) is 2.83. The van der Waals surface area contributed by atoms with Crippen molar-refractivity contribution in [3.8, 4) is 0 Å². The van der Waals surface area contributed by atoms with Crippen LogP contribution in [0.1, 0.15) is 32.7 Å². The molecule has 0 aromatic heterocycles. The van der Waals surface area contributed by atoms with Crippen molar-refractivity contribution in [2.45, 2.75) is 19.4 Å². The Morgan fingerprint density at radius 1 is 1.24 bits per heavy atom. The van der Waals surface area contributed by atoms with Crippen molar-refractivity contribution in [1.82, 2.24) is 4.90 Å². The molecule has 2 N–H and O–H groups in total. The smallest absolute Gasteiger partial charge is 0.258 e. The van der Waals surface area contributed by atoms with Gasteiger partial charge in [0.05, 0.1) is 11.7 Å². The number of aliphatic hydroxyl groups is 1. The van der Waals surface area contributed by atoms with Gasteiger partial charge < -0.3 is 15.3 Å². The molecule has 1 fully saturated rings. The number of carbonyl (C=O) groups is 2. The van der Waals surface area contributed by atoms with Crippen LogP contribution < -0.4 is 5.32 Å². The summed E-state index contributed by atoms with van der Waals surface area (Å²) in [5.74, 6) is -1.36. The molecule has 2 aromatic carbocycles. The van der Waals surface area contributed by atoms with Crippen molar-refractivity contribution in [2.75, 3.05) is 18.4 Å². The minimum absolute atomic E-state index is 0.0544. The van der Waals surface area contributed by atoms with E-state index in [1.54, 1.807) is 36.1 Å². The van der Waals surface area contributed by atoms with E-state index in [2.05, 4.69) is 5.32 Å². The monoisotopic (exact) mass is 342 g/mol. The van der Waals surface area contributed by atoms with Gasteiger partial charge >= 0.3 is 0 Å². The lowest BCUT2D eigenvalue weighted by atomic mass is 10.1. The van der Waals surface area contributed by atoms with E-state index in [4.69, 9.17) is 0 Å². The number of aryl methyl sites for hydroxylation is 1. The van der Waals surface area contributed by atoms with Gasteiger partial charge in [0.15, 0.2) is 0 Å². The van der Waals surface area contributed by atoms with Crippen LogP contribution in [0.25, 0.3) is 0 Å². The third kappa shape index (κ3) is 3.69. The van der Waals surface area contributed by atoms with Crippen LogP contribution >= 0.6 is 0 Å². The topological polar surface area (TPSA) is 69.6 Å². The minimum Gasteiger partial charge on any atom is -0.391 e. The summed E-state index contributed by atoms with van der Waals surface area (Å²) in [7, 11) is 0. The number of hydrogen-bond donors (Lipinski definition) is 2. The summed E-state index contributed by atoms with van der Waals surface area (Å²) in [5.41, 5.74) is 1.59. The van der Waals surface area contributed by atoms with Crippen LogP contribution in [0.15, 0.2) is 42.5 Å². The number of nitrogens with zero attached hydrogens (tertiary/aromatic N) is 1. The standard InChI is InChI=1S/C19H19FN2O3/c1-12-6-7-13(19(25)22-9-8-14(23)11-22)10-17(12)21-18(24)15-4-2-3-5-16(15)20/h2-7,10,14,23H,8-9,11H2,1H3,(H,21,24)/t14-/m1/s1. The van der Waals surface area contributed by atoms with Crippen LogP contribution in [-0.2, 0) is 0 Å². The molecule has 0 bridgehead atoms. The Morgan fingerprint density at radius 2 is 2.00 bits per heavy atom. The maximum Gasteiger partial charge on any atom is 0.258 e. The van der Waals surface area contributed by atoms with Crippen molar-refractivity contribution in [2.24, 2.45) is 0 Å². The highest BCUT2D eigenvalue weighted by Crippen LogP contribution is 2.21. The van der Waals surface area contributed by atoms with E-state index in [1.165, 1.54) is 18.2 Å². The second-order valence-corrected chi connectivity index (χ2v) is 6.16. The maximum absolute atomic E-state index is 13.7. The van der Waals surface area contributed by atoms with E-state index >= 15 is 0 Å². The molecule has 0 spiro atoms. The third-order valence-corrected chi connectivity index (χ3v) is 4.30. The SMILES string of the molecule is Cc1ccc(C(=O)N2CC[C@@H](O)C2)cc1NC(=O)c1ccccc1F. The van der Waals surface area contributed by atoms with E-state index in [0.717, 1.165) is 5.56 Å². The summed E-state index contributed by atoms with van der Waals surface area (Å²) in [6, 6.07) is 10.7. The summed E-state index contributed by atoms with van der Waals surface area (Å²) >= 11 is 0. The first kappa shape index (κ1) is 17.1. The number of benzene rings is 2. The highest BCUT2D eigenvalue weighted by atomic mass is 19.1. The zero-order valence-corrected chi connectivity index (χ0v) is 13.8. The van der Waals surface area contributed by atoms with Gasteiger partial charge in [0.1, 0.15) is 5.82 Å². The summed E-state index contributed by atoms with van der Waals surface area (Å²) in [6.45, 7) is 2.61. The van der Waals surface area contributed by atoms with Crippen LogP contribution in [0.3, 0.4) is 0 Å². The lowest BCUT2D eigenvalue weighted by Crippen LogP contribution is -2.29. The molecule has 25 heavy (non-hydrogen) atoms. The molecule has 1 aliphatic rings. The van der Waals surface area contributed by atoms with E-state index in [-0.39, 0.29) is 11.5 Å². The van der Waals surface area contributed by atoms with Gasteiger partial charge in [0, 0.05) is 24.3 Å². The average molecular weight is 342 g/mol. The van der Waals surface area contributed by atoms with E-state index < -0.39 is 17.8 Å². The van der Waals surface area contributed by atoms with Crippen LogP contribution in [0, 0.1) is 12.7 Å². The van der Waals surface area contributed by atoms with Crippen LogP contribution in [-0.4, -0.2) is 41.0 Å². The molecule has 5 nitrogen and oxygen atoms in total. The number of carbonyl (C=O) groups excluding carboxylic acids is 2. The normalized spacial score (nSPS) is 16.8. The summed E-state index contributed by atoms with van der Waals surface area (Å²) in [4.78, 5) is 26.4. The Labute approximate surface area is 145 Å². The molecule has 1 aliphatic heterocycles. The molecular weight excluding hydrogens is 323 g/mol. The average Bonchev–Trinajstić information content (AvgIpc) is 3.03. The second kappa shape index (κ2) is 7.03. The number of likely N-dealkylation sites (tertiary alicyclic amines) is 1. The molecule has 1 saturated heterocycles. The first-order valence-corrected chi connectivity index (χ1v) is 8.09. The van der Waals surface area contributed by atoms with Gasteiger partial charge in [-0.25, -0.2) is 4.39 Å². The Balaban J connectivity index is 1.81. The van der Waals surface area contributed by atoms with Crippen molar-refractivity contribution >= 4 is 17.5 Å². The van der Waals surface area contributed by atoms with Gasteiger partial charge in [-0.15, -0.1) is 0 Å². The molecule has 0 saturated carbocycles. The number of halogens is 1. The lowest BCUT2D eigenvalue weighted by molar-refractivity contribution is 0.0764. The molecule has 3 rings (SSSR count). The first-order valence-electron chi connectivity index (χ1n) is 8.09. The Bertz CT molecular complexity index is 822. The fraction of sp³-hybridized carbons (Fsp3) is 0.263. The van der Waals surface area contributed by atoms with Gasteiger partial charge in [-0.05, 0) is 43.2 Å². The number of aliphatic hydroxyl groups excluding tert-OH is 1. The van der Waals surface area contributed by atoms with Crippen LogP contribution in [0.4, 0.5) is 10.1 Å². The maximum atomic E-state index is 13.7. The predicted molar refractivity (Wildman–Crippen MR) is 92.1 cm³/mol. The Kier molecular flexibility index (Phi) is 4.81. The number of amides is 2. The first-order chi connectivity index (χ1) is 12.0. The Morgan fingerprint density at radius 3 is 2.68 bits per heavy atom. The fourth-order valence-corrected chi connectivity index (χ4v) is 2.83. The van der Waals surface area contributed by atoms with Gasteiger partial charge in [-0.3, -0.25) is 9.59 Å². The number of anilines is 1. The van der Waals surface area contributed by atoms with Crippen LogP contribution in [0.2, 0.25) is 0 Å². The quantitative estimate of drug-likeness (QED) is 0.901. The molecule has 2 amide bonds. The zero-order chi connectivity index (χ0) is 18.0. The van der Waals surface area contributed by atoms with Gasteiger partial charge in [0.2, 0.25) is 0 Å². The van der Waals surface area contributed by atoms with E-state index in [1.807, 2.05) is 0 Å². The molecule has 1 heterocycles. The molecule has 0 aliphatic carbocycles. The third-order valence-electron chi connectivity index (χ3n) is 4.30. The largest absolute Gasteiger partial charge is 0.391 e. The summed E-state index contributed by atoms with van der Waals surface area (Å²) < 4.78 is 13.7. The Hall–Kier alpha value is -2.73. The second-order valence-electron chi connectivity index (χ2n) is 6.16.